The maximum atomic E-state index is 12.5. The lowest BCUT2D eigenvalue weighted by Gasteiger charge is -2.40. The lowest BCUT2D eigenvalue weighted by Crippen LogP contribution is -2.60. The van der Waals surface area contributed by atoms with Crippen LogP contribution in [0.4, 0.5) is 4.79 Å². The number of ether oxygens (including phenoxy) is 6. The number of unbranched alkanes of at least 4 members (excludes halogenated alkanes) is 11. The van der Waals surface area contributed by atoms with Crippen LogP contribution in [0.15, 0.2) is 0 Å². The minimum Gasteiger partial charge on any atom is -0.426 e. The summed E-state index contributed by atoms with van der Waals surface area (Å²) in [5.74, 6) is -1.00. The third-order valence-electron chi connectivity index (χ3n) is 8.16. The van der Waals surface area contributed by atoms with Crippen LogP contribution in [0, 0.1) is 5.92 Å². The highest BCUT2D eigenvalue weighted by molar-refractivity contribution is 5.71. The topological polar surface area (TPSA) is 203 Å². The molecule has 0 aliphatic carbocycles. The largest absolute Gasteiger partial charge is 0.426 e. The highest BCUT2D eigenvalue weighted by Gasteiger charge is 2.44. The highest BCUT2D eigenvalue weighted by Crippen LogP contribution is 2.23. The summed E-state index contributed by atoms with van der Waals surface area (Å²) in [5.41, 5.74) is 0. The highest BCUT2D eigenvalue weighted by atomic mass is 16.7. The molecule has 8 atom stereocenters. The standard InChI is InChI=1S/C32H61NO13/c1-4-5-6-7-8-9-10-11-12-13-14-15-16-23(2)27(36)24(20-43-31-30(39)29(38)28(37)25(19-34)46-31)33-32(40)45-22-44-26(35)21-42-18-17-41-3/h23-25,27-31,34,36-39H,4-22H2,1-3H3,(H,33,40)/t23-,24+,25?,27-,28+,29+,30?,31+/m1/s1. The molecule has 0 aromatic carbocycles. The number of nitrogens with one attached hydrogen (secondary N) is 1. The van der Waals surface area contributed by atoms with Gasteiger partial charge in [0.15, 0.2) is 6.29 Å². The second-order valence-electron chi connectivity index (χ2n) is 12.0. The molecular formula is C32H61NO13. The fourth-order valence-electron chi connectivity index (χ4n) is 5.19. The summed E-state index contributed by atoms with van der Waals surface area (Å²) in [4.78, 5) is 24.2. The van der Waals surface area contributed by atoms with Gasteiger partial charge < -0.3 is 59.3 Å². The van der Waals surface area contributed by atoms with E-state index in [1.54, 1.807) is 0 Å². The molecule has 0 spiro atoms. The molecule has 0 aromatic rings. The number of aliphatic hydroxyl groups is 5. The van der Waals surface area contributed by atoms with E-state index in [2.05, 4.69) is 12.2 Å². The van der Waals surface area contributed by atoms with Crippen LogP contribution in [-0.2, 0) is 33.2 Å². The van der Waals surface area contributed by atoms with Crippen molar-refractivity contribution in [3.63, 3.8) is 0 Å². The van der Waals surface area contributed by atoms with Crippen molar-refractivity contribution in [3.8, 4) is 0 Å². The Bertz CT molecular complexity index is 774. The maximum Gasteiger partial charge on any atom is 0.410 e. The van der Waals surface area contributed by atoms with Crippen molar-refractivity contribution in [2.45, 2.75) is 140 Å². The van der Waals surface area contributed by atoms with Gasteiger partial charge in [-0.2, -0.15) is 0 Å². The van der Waals surface area contributed by atoms with Crippen molar-refractivity contribution < 1.29 is 63.5 Å². The van der Waals surface area contributed by atoms with Crippen LogP contribution in [0.1, 0.15) is 97.3 Å². The summed E-state index contributed by atoms with van der Waals surface area (Å²) in [5, 5.41) is 53.5. The van der Waals surface area contributed by atoms with Crippen molar-refractivity contribution >= 4 is 12.1 Å². The summed E-state index contributed by atoms with van der Waals surface area (Å²) >= 11 is 0. The van der Waals surface area contributed by atoms with E-state index in [1.807, 2.05) is 6.92 Å². The third-order valence-corrected chi connectivity index (χ3v) is 8.16. The SMILES string of the molecule is CCCCCCCCCCCCCC[C@@H](C)[C@@H](O)[C@H](CO[C@H]1OC(CO)[C@H](O)[C@H](O)C1O)NC(=O)OCOC(=O)COCCOC. The number of hydrogen-bond acceptors (Lipinski definition) is 13. The number of carbonyl (C=O) groups is 2. The Morgan fingerprint density at radius 1 is 0.848 bits per heavy atom. The molecule has 272 valence electrons. The molecule has 14 nitrogen and oxygen atoms in total. The number of carbonyl (C=O) groups excluding carboxylic acids is 2. The van der Waals surface area contributed by atoms with Crippen LogP contribution >= 0.6 is 0 Å². The van der Waals surface area contributed by atoms with Gasteiger partial charge in [0.05, 0.1) is 38.6 Å². The number of rotatable bonds is 27. The Hall–Kier alpha value is -1.62. The molecule has 0 saturated carbocycles. The molecule has 1 rings (SSSR count). The lowest BCUT2D eigenvalue weighted by molar-refractivity contribution is -0.303. The van der Waals surface area contributed by atoms with E-state index in [9.17, 15) is 35.1 Å². The minimum atomic E-state index is -1.65. The smallest absolute Gasteiger partial charge is 0.410 e. The number of methoxy groups -OCH3 is 1. The molecule has 2 unspecified atom stereocenters. The van der Waals surface area contributed by atoms with Gasteiger partial charge in [-0.1, -0.05) is 90.9 Å². The Morgan fingerprint density at radius 3 is 2.04 bits per heavy atom. The van der Waals surface area contributed by atoms with Crippen LogP contribution in [0.3, 0.4) is 0 Å². The van der Waals surface area contributed by atoms with E-state index in [0.29, 0.717) is 13.0 Å². The number of hydrogen-bond donors (Lipinski definition) is 6. The van der Waals surface area contributed by atoms with Crippen molar-refractivity contribution in [2.75, 3.05) is 46.9 Å². The van der Waals surface area contributed by atoms with Gasteiger partial charge in [-0.3, -0.25) is 0 Å². The van der Waals surface area contributed by atoms with E-state index >= 15 is 0 Å². The quantitative estimate of drug-likeness (QED) is 0.0423. The molecule has 0 radical (unpaired) electrons. The maximum absolute atomic E-state index is 12.5. The number of esters is 1. The molecular weight excluding hydrogens is 606 g/mol. The van der Waals surface area contributed by atoms with Gasteiger partial charge in [-0.25, -0.2) is 9.59 Å². The number of alkyl carbamates (subject to hydrolysis) is 1. The molecule has 14 heteroatoms. The zero-order valence-electron chi connectivity index (χ0n) is 28.1. The summed E-state index contributed by atoms with van der Waals surface area (Å²) < 4.78 is 30.6. The number of aliphatic hydroxyl groups excluding tert-OH is 5. The van der Waals surface area contributed by atoms with Crippen molar-refractivity contribution in [2.24, 2.45) is 5.92 Å². The van der Waals surface area contributed by atoms with Gasteiger partial charge in [0.25, 0.3) is 0 Å². The van der Waals surface area contributed by atoms with Gasteiger partial charge in [-0.05, 0) is 12.3 Å². The molecule has 1 amide bonds. The van der Waals surface area contributed by atoms with Crippen molar-refractivity contribution in [1.29, 1.82) is 0 Å². The van der Waals surface area contributed by atoms with Crippen molar-refractivity contribution in [1.82, 2.24) is 5.32 Å². The Morgan fingerprint density at radius 2 is 1.46 bits per heavy atom. The van der Waals surface area contributed by atoms with E-state index in [0.717, 1.165) is 19.3 Å². The zero-order valence-corrected chi connectivity index (χ0v) is 28.1. The van der Waals surface area contributed by atoms with Gasteiger partial charge in [0.1, 0.15) is 31.0 Å². The molecule has 0 aromatic heterocycles. The van der Waals surface area contributed by atoms with Crippen LogP contribution in [0.5, 0.6) is 0 Å². The number of amides is 1. The van der Waals surface area contributed by atoms with Crippen LogP contribution in [0.2, 0.25) is 0 Å². The molecule has 46 heavy (non-hydrogen) atoms. The van der Waals surface area contributed by atoms with Crippen LogP contribution in [0.25, 0.3) is 0 Å². The van der Waals surface area contributed by atoms with Crippen LogP contribution < -0.4 is 5.32 Å². The average Bonchev–Trinajstić information content (AvgIpc) is 3.04. The second kappa shape index (κ2) is 26.3. The first-order valence-electron chi connectivity index (χ1n) is 16.9. The Balaban J connectivity index is 2.57. The molecule has 1 aliphatic rings. The molecule has 6 N–H and O–H groups in total. The molecule has 0 bridgehead atoms. The van der Waals surface area contributed by atoms with E-state index in [-0.39, 0.29) is 25.7 Å². The Kier molecular flexibility index (Phi) is 24.3. The van der Waals surface area contributed by atoms with E-state index < -0.39 is 68.3 Å². The predicted molar refractivity (Wildman–Crippen MR) is 168 cm³/mol. The lowest BCUT2D eigenvalue weighted by atomic mass is 9.92. The van der Waals surface area contributed by atoms with Gasteiger partial charge in [0.2, 0.25) is 6.79 Å². The normalized spacial score (nSPS) is 23.4. The minimum absolute atomic E-state index is 0.193. The summed E-state index contributed by atoms with van der Waals surface area (Å²) in [6.45, 7) is 2.54. The van der Waals surface area contributed by atoms with Gasteiger partial charge >= 0.3 is 12.1 Å². The first-order chi connectivity index (χ1) is 22.2. The first-order valence-corrected chi connectivity index (χ1v) is 16.9. The second-order valence-corrected chi connectivity index (χ2v) is 12.0. The fourth-order valence-corrected chi connectivity index (χ4v) is 5.19. The molecule has 1 aliphatic heterocycles. The average molecular weight is 668 g/mol. The van der Waals surface area contributed by atoms with Gasteiger partial charge in [-0.15, -0.1) is 0 Å². The van der Waals surface area contributed by atoms with Gasteiger partial charge in [0, 0.05) is 7.11 Å². The van der Waals surface area contributed by atoms with Crippen LogP contribution in [-0.4, -0.2) is 127 Å². The monoisotopic (exact) mass is 667 g/mol. The fraction of sp³-hybridized carbons (Fsp3) is 0.938. The van der Waals surface area contributed by atoms with E-state index in [4.69, 9.17) is 28.4 Å². The molecule has 1 saturated heterocycles. The van der Waals surface area contributed by atoms with E-state index in [1.165, 1.54) is 64.9 Å². The zero-order chi connectivity index (χ0) is 34.2. The first kappa shape index (κ1) is 42.4. The molecule has 1 heterocycles. The summed E-state index contributed by atoms with van der Waals surface area (Å²) in [7, 11) is 1.49. The molecule has 1 fully saturated rings. The predicted octanol–water partition coefficient (Wildman–Crippen LogP) is 2.15. The third kappa shape index (κ3) is 18.1. The summed E-state index contributed by atoms with van der Waals surface area (Å²) in [6.07, 6.45) is 5.67. The Labute approximate surface area is 274 Å². The summed E-state index contributed by atoms with van der Waals surface area (Å²) in [6, 6.07) is -1.04. The van der Waals surface area contributed by atoms with Crippen molar-refractivity contribution in [3.05, 3.63) is 0 Å².